The maximum Gasteiger partial charge on any atom is 0.126 e. The first kappa shape index (κ1) is 18.7. The molecular weight excluding hydrogens is 336 g/mol. The minimum atomic E-state index is 0.265. The van der Waals surface area contributed by atoms with Crippen LogP contribution in [0.4, 0.5) is 0 Å². The summed E-state index contributed by atoms with van der Waals surface area (Å²) in [6, 6.07) is 12.8. The van der Waals surface area contributed by atoms with Gasteiger partial charge in [0.25, 0.3) is 0 Å². The van der Waals surface area contributed by atoms with E-state index in [4.69, 9.17) is 9.47 Å². The number of nitrogens with zero attached hydrogens (tertiary/aromatic N) is 1. The summed E-state index contributed by atoms with van der Waals surface area (Å²) in [7, 11) is 1.74. The fourth-order valence-corrected chi connectivity index (χ4v) is 4.82. The van der Waals surface area contributed by atoms with E-state index in [2.05, 4.69) is 46.6 Å². The third-order valence-electron chi connectivity index (χ3n) is 6.41. The number of piperidine rings is 1. The Morgan fingerprint density at radius 2 is 1.74 bits per heavy atom. The number of rotatable bonds is 6. The summed E-state index contributed by atoms with van der Waals surface area (Å²) in [5.74, 6) is 0.948. The molecule has 2 fully saturated rings. The Kier molecular flexibility index (Phi) is 5.96. The van der Waals surface area contributed by atoms with Crippen molar-refractivity contribution in [2.75, 3.05) is 40.0 Å². The summed E-state index contributed by atoms with van der Waals surface area (Å²) in [5.41, 5.74) is 1.60. The smallest absolute Gasteiger partial charge is 0.126 e. The van der Waals surface area contributed by atoms with Crippen LogP contribution in [-0.4, -0.2) is 50.4 Å². The number of hydrogen-bond acceptors (Lipinski definition) is 4. The van der Waals surface area contributed by atoms with Crippen molar-refractivity contribution >= 4 is 10.8 Å². The second-order valence-corrected chi connectivity index (χ2v) is 7.96. The Labute approximate surface area is 162 Å². The van der Waals surface area contributed by atoms with Crippen molar-refractivity contribution in [3.05, 3.63) is 42.0 Å². The molecule has 0 amide bonds. The van der Waals surface area contributed by atoms with Crippen LogP contribution in [0, 0.1) is 0 Å². The number of fused-ring (bicyclic) bond motifs is 1. The van der Waals surface area contributed by atoms with E-state index in [1.807, 2.05) is 0 Å². The molecule has 4 rings (SSSR count). The predicted molar refractivity (Wildman–Crippen MR) is 110 cm³/mol. The molecule has 0 aromatic heterocycles. The fraction of sp³-hybridized carbons (Fsp3) is 0.565. The Morgan fingerprint density at radius 1 is 1.00 bits per heavy atom. The fourth-order valence-electron chi connectivity index (χ4n) is 4.82. The van der Waals surface area contributed by atoms with Crippen LogP contribution in [-0.2, 0) is 11.3 Å². The maximum absolute atomic E-state index is 5.70. The molecule has 2 saturated heterocycles. The molecule has 0 aliphatic carbocycles. The normalized spacial score (nSPS) is 20.6. The van der Waals surface area contributed by atoms with Gasteiger partial charge in [-0.05, 0) is 55.8 Å². The van der Waals surface area contributed by atoms with E-state index >= 15 is 0 Å². The van der Waals surface area contributed by atoms with Crippen LogP contribution in [0.15, 0.2) is 36.4 Å². The average Bonchev–Trinajstić information content (AvgIpc) is 2.75. The molecule has 2 aliphatic heterocycles. The van der Waals surface area contributed by atoms with Crippen molar-refractivity contribution in [1.29, 1.82) is 0 Å². The average molecular weight is 369 g/mol. The first-order valence-electron chi connectivity index (χ1n) is 10.4. The van der Waals surface area contributed by atoms with E-state index in [1.165, 1.54) is 48.7 Å². The summed E-state index contributed by atoms with van der Waals surface area (Å²) < 4.78 is 11.2. The molecule has 0 radical (unpaired) electrons. The monoisotopic (exact) mass is 368 g/mol. The first-order chi connectivity index (χ1) is 13.3. The standard InChI is InChI=1S/C23H32N2O2/c1-26-22-10-9-19(20-7-3-4-8-21(20)22)17-24-18-23(11-15-27-16-12-23)25-13-5-2-6-14-25/h3-4,7-10,24H,2,5-6,11-18H2,1H3. The Morgan fingerprint density at radius 3 is 2.48 bits per heavy atom. The lowest BCUT2D eigenvalue weighted by molar-refractivity contribution is -0.0358. The van der Waals surface area contributed by atoms with E-state index in [-0.39, 0.29) is 5.54 Å². The summed E-state index contributed by atoms with van der Waals surface area (Å²) >= 11 is 0. The molecule has 27 heavy (non-hydrogen) atoms. The summed E-state index contributed by atoms with van der Waals surface area (Å²) in [6.07, 6.45) is 6.35. The highest BCUT2D eigenvalue weighted by molar-refractivity contribution is 5.91. The zero-order chi connectivity index (χ0) is 18.5. The summed E-state index contributed by atoms with van der Waals surface area (Å²) in [5, 5.41) is 6.27. The van der Waals surface area contributed by atoms with Crippen LogP contribution in [0.5, 0.6) is 5.75 Å². The molecule has 1 N–H and O–H groups in total. The van der Waals surface area contributed by atoms with E-state index in [9.17, 15) is 0 Å². The van der Waals surface area contributed by atoms with Crippen molar-refractivity contribution < 1.29 is 9.47 Å². The zero-order valence-corrected chi connectivity index (χ0v) is 16.5. The van der Waals surface area contributed by atoms with Gasteiger partial charge in [-0.1, -0.05) is 36.8 Å². The molecule has 0 unspecified atom stereocenters. The molecular formula is C23H32N2O2. The van der Waals surface area contributed by atoms with Gasteiger partial charge in [0.1, 0.15) is 5.75 Å². The molecule has 2 heterocycles. The maximum atomic E-state index is 5.70. The molecule has 2 aromatic carbocycles. The van der Waals surface area contributed by atoms with Gasteiger partial charge in [0.15, 0.2) is 0 Å². The molecule has 0 spiro atoms. The SMILES string of the molecule is COc1ccc(CNCC2(N3CCCCC3)CCOCC2)c2ccccc12. The second-order valence-electron chi connectivity index (χ2n) is 7.96. The van der Waals surface area contributed by atoms with Gasteiger partial charge in [-0.3, -0.25) is 4.90 Å². The minimum absolute atomic E-state index is 0.265. The molecule has 4 nitrogen and oxygen atoms in total. The largest absolute Gasteiger partial charge is 0.496 e. The van der Waals surface area contributed by atoms with Gasteiger partial charge in [0.2, 0.25) is 0 Å². The van der Waals surface area contributed by atoms with Crippen LogP contribution < -0.4 is 10.1 Å². The number of nitrogens with one attached hydrogen (secondary N) is 1. The van der Waals surface area contributed by atoms with E-state index in [0.29, 0.717) is 0 Å². The topological polar surface area (TPSA) is 33.7 Å². The van der Waals surface area contributed by atoms with Crippen LogP contribution in [0.2, 0.25) is 0 Å². The highest BCUT2D eigenvalue weighted by atomic mass is 16.5. The van der Waals surface area contributed by atoms with Gasteiger partial charge in [0.05, 0.1) is 7.11 Å². The third-order valence-corrected chi connectivity index (χ3v) is 6.41. The van der Waals surface area contributed by atoms with Crippen LogP contribution in [0.25, 0.3) is 10.8 Å². The number of methoxy groups -OCH3 is 1. The summed E-state index contributed by atoms with van der Waals surface area (Å²) in [6.45, 7) is 6.20. The molecule has 0 atom stereocenters. The molecule has 2 aliphatic rings. The van der Waals surface area contributed by atoms with Crippen molar-refractivity contribution in [1.82, 2.24) is 10.2 Å². The van der Waals surface area contributed by atoms with E-state index in [1.54, 1.807) is 7.11 Å². The number of likely N-dealkylation sites (tertiary alicyclic amines) is 1. The van der Waals surface area contributed by atoms with Crippen LogP contribution in [0.1, 0.15) is 37.7 Å². The Balaban J connectivity index is 1.48. The lowest BCUT2D eigenvalue weighted by atomic mass is 9.86. The Bertz CT molecular complexity index is 749. The highest BCUT2D eigenvalue weighted by Crippen LogP contribution is 2.31. The highest BCUT2D eigenvalue weighted by Gasteiger charge is 2.38. The number of ether oxygens (including phenoxy) is 2. The van der Waals surface area contributed by atoms with Gasteiger partial charge < -0.3 is 14.8 Å². The van der Waals surface area contributed by atoms with Crippen molar-refractivity contribution in [2.45, 2.75) is 44.2 Å². The van der Waals surface area contributed by atoms with Crippen LogP contribution >= 0.6 is 0 Å². The molecule has 146 valence electrons. The van der Waals surface area contributed by atoms with Gasteiger partial charge in [-0.2, -0.15) is 0 Å². The first-order valence-corrected chi connectivity index (χ1v) is 10.4. The predicted octanol–water partition coefficient (Wildman–Crippen LogP) is 3.97. The van der Waals surface area contributed by atoms with Gasteiger partial charge in [0, 0.05) is 37.2 Å². The quantitative estimate of drug-likeness (QED) is 0.836. The van der Waals surface area contributed by atoms with Crippen molar-refractivity contribution in [3.8, 4) is 5.75 Å². The van der Waals surface area contributed by atoms with E-state index < -0.39 is 0 Å². The summed E-state index contributed by atoms with van der Waals surface area (Å²) in [4.78, 5) is 2.75. The molecule has 2 aromatic rings. The molecule has 0 saturated carbocycles. The second kappa shape index (κ2) is 8.59. The van der Waals surface area contributed by atoms with Crippen molar-refractivity contribution in [2.24, 2.45) is 0 Å². The van der Waals surface area contributed by atoms with Gasteiger partial charge in [-0.25, -0.2) is 0 Å². The lowest BCUT2D eigenvalue weighted by Gasteiger charge is -2.48. The lowest BCUT2D eigenvalue weighted by Crippen LogP contribution is -2.59. The van der Waals surface area contributed by atoms with Crippen LogP contribution in [0.3, 0.4) is 0 Å². The number of benzene rings is 2. The van der Waals surface area contributed by atoms with Crippen molar-refractivity contribution in [3.63, 3.8) is 0 Å². The minimum Gasteiger partial charge on any atom is -0.496 e. The number of hydrogen-bond donors (Lipinski definition) is 1. The van der Waals surface area contributed by atoms with Gasteiger partial charge >= 0.3 is 0 Å². The molecule has 0 bridgehead atoms. The Hall–Kier alpha value is -1.62. The third kappa shape index (κ3) is 3.98. The van der Waals surface area contributed by atoms with Gasteiger partial charge in [-0.15, -0.1) is 0 Å². The zero-order valence-electron chi connectivity index (χ0n) is 16.5. The van der Waals surface area contributed by atoms with E-state index in [0.717, 1.165) is 44.9 Å². The molecule has 4 heteroatoms.